The van der Waals surface area contributed by atoms with Gasteiger partial charge in [-0.2, -0.15) is 0 Å². The molecule has 488 valence electrons. The van der Waals surface area contributed by atoms with Crippen molar-refractivity contribution >= 4 is 137 Å². The van der Waals surface area contributed by atoms with Crippen molar-refractivity contribution in [2.24, 2.45) is 0 Å². The number of para-hydroxylation sites is 1. The van der Waals surface area contributed by atoms with E-state index in [9.17, 15) is 48.6 Å². The number of nitrogens with one attached hydrogen (secondary N) is 8. The molecule has 12 aromatic rings. The molecule has 4 amide bonds. The zero-order chi connectivity index (χ0) is 68.7. The normalized spacial score (nSPS) is 10.6. The summed E-state index contributed by atoms with van der Waals surface area (Å²) in [5, 5.41) is 31.9. The third-order valence-electron chi connectivity index (χ3n) is 13.8. The molecule has 10 N–H and O–H groups in total. The molecule has 4 aromatic heterocycles. The number of anilines is 4. The van der Waals surface area contributed by atoms with Crippen molar-refractivity contribution in [2.75, 3.05) is 49.7 Å². The maximum Gasteiger partial charge on any atom is 0.260 e. The van der Waals surface area contributed by atoms with Crippen molar-refractivity contribution in [1.29, 1.82) is 0 Å². The fraction of sp³-hybridized carbons (Fsp3) is 0.0909. The number of carbonyl (C=O) groups is 4. The summed E-state index contributed by atoms with van der Waals surface area (Å²) >= 11 is 23.3. The van der Waals surface area contributed by atoms with Crippen molar-refractivity contribution in [3.63, 3.8) is 0 Å². The minimum atomic E-state index is -0.527. The molecule has 12 rings (SSSR count). The largest absolute Gasteiger partial charge is 0.493 e. The van der Waals surface area contributed by atoms with Gasteiger partial charge in [0.2, 0.25) is 23.8 Å². The van der Waals surface area contributed by atoms with E-state index in [1.54, 1.807) is 115 Å². The Hall–Kier alpha value is -11.5. The van der Waals surface area contributed by atoms with E-state index in [-0.39, 0.29) is 81.4 Å². The summed E-state index contributed by atoms with van der Waals surface area (Å²) in [5.74, 6) is 0.199. The van der Waals surface area contributed by atoms with Crippen LogP contribution in [0.25, 0.3) is 43.6 Å². The number of hydrogen-bond donors (Lipinski definition) is 10. The van der Waals surface area contributed by atoms with Gasteiger partial charge in [0.05, 0.1) is 95.3 Å². The Bertz CT molecular complexity index is 5180. The third kappa shape index (κ3) is 16.8. The molecule has 26 nitrogen and oxygen atoms in total. The van der Waals surface area contributed by atoms with Crippen molar-refractivity contribution in [1.82, 2.24) is 39.9 Å². The molecule has 0 bridgehead atoms. The van der Waals surface area contributed by atoms with E-state index >= 15 is 0 Å². The zero-order valence-electron chi connectivity index (χ0n) is 50.5. The summed E-state index contributed by atoms with van der Waals surface area (Å²) in [4.78, 5) is 124. The highest BCUT2D eigenvalue weighted by Crippen LogP contribution is 2.32. The average molecular weight is 1380 g/mol. The Morgan fingerprint density at radius 2 is 0.698 bits per heavy atom. The van der Waals surface area contributed by atoms with Crippen LogP contribution in [0.1, 0.15) is 52.6 Å². The van der Waals surface area contributed by atoms with Crippen molar-refractivity contribution in [3.05, 3.63) is 253 Å². The number of halogens is 4. The number of aromatic nitrogens is 8. The van der Waals surface area contributed by atoms with Gasteiger partial charge in [0.1, 0.15) is 0 Å². The molecule has 0 atom stereocenters. The minimum absolute atomic E-state index is 0.0321. The minimum Gasteiger partial charge on any atom is -0.493 e. The lowest BCUT2D eigenvalue weighted by Gasteiger charge is -2.10. The summed E-state index contributed by atoms with van der Waals surface area (Å²) in [6.45, 7) is -0.633. The molecular weight excluding hydrogens is 1330 g/mol. The fourth-order valence-electron chi connectivity index (χ4n) is 8.97. The molecule has 0 aliphatic rings. The van der Waals surface area contributed by atoms with Crippen LogP contribution in [0, 0.1) is 0 Å². The zero-order valence-corrected chi connectivity index (χ0v) is 53.5. The van der Waals surface area contributed by atoms with E-state index in [1.165, 1.54) is 64.8 Å². The van der Waals surface area contributed by atoms with Gasteiger partial charge >= 0.3 is 0 Å². The van der Waals surface area contributed by atoms with Crippen LogP contribution in [0.3, 0.4) is 0 Å². The molecule has 0 saturated carbocycles. The van der Waals surface area contributed by atoms with Gasteiger partial charge in [0.15, 0.2) is 23.0 Å². The van der Waals surface area contributed by atoms with Crippen LogP contribution in [0.2, 0.25) is 20.1 Å². The van der Waals surface area contributed by atoms with E-state index in [4.69, 9.17) is 65.4 Å². The Labute approximate surface area is 561 Å². The highest BCUT2D eigenvalue weighted by atomic mass is 35.5. The number of aromatic amines is 4. The molecule has 0 aliphatic carbocycles. The van der Waals surface area contributed by atoms with Crippen LogP contribution in [-0.4, -0.2) is 102 Å². The van der Waals surface area contributed by atoms with Gasteiger partial charge < -0.3 is 29.2 Å². The first-order valence-electron chi connectivity index (χ1n) is 28.0. The van der Waals surface area contributed by atoms with Gasteiger partial charge in [-0.3, -0.25) is 79.6 Å². The summed E-state index contributed by atoms with van der Waals surface area (Å²) in [6, 6.07) is 41.9. The van der Waals surface area contributed by atoms with Gasteiger partial charge in [-0.15, -0.1) is 0 Å². The first-order valence-corrected chi connectivity index (χ1v) is 29.6. The van der Waals surface area contributed by atoms with Gasteiger partial charge in [0.25, 0.3) is 45.9 Å². The molecule has 30 heteroatoms. The van der Waals surface area contributed by atoms with Crippen LogP contribution >= 0.6 is 46.4 Å². The molecule has 0 unspecified atom stereocenters. The van der Waals surface area contributed by atoms with Crippen LogP contribution < -0.4 is 62.5 Å². The van der Waals surface area contributed by atoms with Gasteiger partial charge in [-0.05, 0) is 126 Å². The van der Waals surface area contributed by atoms with Crippen molar-refractivity contribution in [3.8, 4) is 23.0 Å². The van der Waals surface area contributed by atoms with Crippen LogP contribution in [-0.2, 0) is 13.2 Å². The van der Waals surface area contributed by atoms with Gasteiger partial charge in [-0.25, -0.2) is 19.9 Å². The number of nitrogens with zero attached hydrogens (tertiary/aromatic N) is 4. The number of fused-ring (bicyclic) bond motifs is 4. The summed E-state index contributed by atoms with van der Waals surface area (Å²) in [7, 11) is 5.95. The predicted molar refractivity (Wildman–Crippen MR) is 365 cm³/mol. The maximum atomic E-state index is 12.3. The molecule has 0 radical (unpaired) electrons. The molecule has 0 spiro atoms. The number of hydrogen-bond acceptors (Lipinski definition) is 18. The monoisotopic (exact) mass is 1380 g/mol. The molecule has 8 aromatic carbocycles. The molecule has 0 aliphatic heterocycles. The number of ether oxygens (including phenoxy) is 4. The summed E-state index contributed by atoms with van der Waals surface area (Å²) in [5.41, 5.74) is 2.38. The van der Waals surface area contributed by atoms with E-state index in [2.05, 4.69) is 61.1 Å². The number of rotatable bonds is 14. The van der Waals surface area contributed by atoms with E-state index in [1.807, 2.05) is 6.07 Å². The number of carbonyl (C=O) groups excluding carboxylic acids is 4. The predicted octanol–water partition coefficient (Wildman–Crippen LogP) is 10.3. The Morgan fingerprint density at radius 3 is 1.11 bits per heavy atom. The first-order chi connectivity index (χ1) is 46.2. The highest BCUT2D eigenvalue weighted by Gasteiger charge is 2.18. The smallest absolute Gasteiger partial charge is 0.260 e. The maximum absolute atomic E-state index is 12.3. The number of amides is 4. The van der Waals surface area contributed by atoms with Crippen molar-refractivity contribution in [2.45, 2.75) is 13.2 Å². The van der Waals surface area contributed by atoms with E-state index < -0.39 is 22.9 Å². The Morgan fingerprint density at radius 1 is 0.365 bits per heavy atom. The second kappa shape index (κ2) is 31.4. The van der Waals surface area contributed by atoms with Crippen LogP contribution in [0.15, 0.2) is 177 Å². The number of methoxy groups -OCH3 is 4. The summed E-state index contributed by atoms with van der Waals surface area (Å²) < 4.78 is 20.8. The van der Waals surface area contributed by atoms with E-state index in [0.717, 1.165) is 0 Å². The number of H-pyrrole nitrogens is 4. The lowest BCUT2D eigenvalue weighted by Crippen LogP contribution is -2.19. The third-order valence-corrected chi connectivity index (χ3v) is 15.0. The molecule has 0 saturated heterocycles. The van der Waals surface area contributed by atoms with Gasteiger partial charge in [0, 0.05) is 44.4 Å². The Kier molecular flexibility index (Phi) is 22.5. The number of aliphatic hydroxyl groups excluding tert-OH is 2. The first kappa shape index (κ1) is 68.8. The molecule has 0 fully saturated rings. The van der Waals surface area contributed by atoms with Crippen LogP contribution in [0.5, 0.6) is 23.0 Å². The van der Waals surface area contributed by atoms with Gasteiger partial charge in [-0.1, -0.05) is 76.7 Å². The number of benzene rings is 8. The summed E-state index contributed by atoms with van der Waals surface area (Å²) in [6.07, 6.45) is 0. The molecular formula is C66H52Cl4N12O14. The highest BCUT2D eigenvalue weighted by molar-refractivity contribution is 6.42. The SMILES string of the molecule is COc1cc2nc(NC(=O)c3ccc(Cl)cc3)[nH]c(=O)c2cc1OC.COc1cc2nc(NC(=O)c3ccccc3)[nH]c(=O)c2cc1OC.O=C(Nc1nc2cc(CO)c(CO)cc2c(=O)[nH]1)c1ccc(Cl)c(Cl)c1.O=C(Nc1nc2ccccc2c(=O)[nH]1)c1ccc(Cl)cc1. The van der Waals surface area contributed by atoms with Crippen LogP contribution in [0.4, 0.5) is 23.8 Å². The average Bonchev–Trinajstić information content (AvgIpc) is 0.810. The molecule has 96 heavy (non-hydrogen) atoms. The topological polar surface area (TPSA) is 377 Å². The quantitative estimate of drug-likeness (QED) is 0.0483. The number of aliphatic hydroxyl groups is 2. The second-order valence-corrected chi connectivity index (χ2v) is 21.6. The standard InChI is InChI=1S/C17H13Cl2N3O4.C17H14ClN3O4.C17H15N3O4.C15H10ClN3O2/c18-12-2-1-8(4-13(12)19)15(25)21-17-20-14-5-10(7-24)9(6-23)3-11(14)16(26)22-17;1-24-13-7-11-12(8-14(13)25-2)19-17(21-16(11)23)20-15(22)9-3-5-10(18)6-4-9;1-23-13-8-11-12(9-14(13)24-2)18-17(20-16(11)22)19-15(21)10-6-4-3-5-7-10;16-10-7-5-9(6-8-10)13(20)18-15-17-12-4-2-1-3-11(12)14(21)19-15/h1-5,23-24H,6-7H2,(H2,20,21,22,25,26);3-8H,1-2H3,(H2,19,20,21,22,23);3-9H,1-2H3,(H2,18,19,20,21,22);1-8H,(H2,17,18,19,20,21). The molecule has 4 heterocycles. The van der Waals surface area contributed by atoms with Crippen molar-refractivity contribution < 1.29 is 48.3 Å². The lowest BCUT2D eigenvalue weighted by molar-refractivity contribution is 0.101. The second-order valence-electron chi connectivity index (χ2n) is 19.9. The fourth-order valence-corrected chi connectivity index (χ4v) is 9.52. The van der Waals surface area contributed by atoms with E-state index in [0.29, 0.717) is 98.6 Å². The lowest BCUT2D eigenvalue weighted by atomic mass is 10.1. The Balaban J connectivity index is 0.000000151.